The second-order valence-corrected chi connectivity index (χ2v) is 7.81. The summed E-state index contributed by atoms with van der Waals surface area (Å²) in [7, 11) is 0. The van der Waals surface area contributed by atoms with E-state index >= 15 is 0 Å². The molecule has 3 amide bonds. The molecule has 0 saturated carbocycles. The van der Waals surface area contributed by atoms with Gasteiger partial charge < -0.3 is 36.9 Å². The summed E-state index contributed by atoms with van der Waals surface area (Å²) in [6.45, 7) is 5.10. The number of amides is 3. The van der Waals surface area contributed by atoms with Gasteiger partial charge in [-0.05, 0) is 19.3 Å². The third-order valence-corrected chi connectivity index (χ3v) is 4.42. The van der Waals surface area contributed by atoms with Crippen molar-refractivity contribution in [1.82, 2.24) is 25.9 Å². The number of aromatic nitrogens is 2. The fraction of sp³-hybridized carbons (Fsp3) is 0.579. The van der Waals surface area contributed by atoms with Crippen LogP contribution in [-0.4, -0.2) is 74.0 Å². The molecule has 0 aliphatic rings. The summed E-state index contributed by atoms with van der Waals surface area (Å²) in [5, 5.41) is 24.8. The van der Waals surface area contributed by atoms with E-state index in [0.717, 1.165) is 0 Å². The molecule has 1 aromatic rings. The molecule has 4 unspecified atom stereocenters. The number of carbonyl (C=O) groups excluding carboxylic acids is 3. The molecule has 13 nitrogen and oxygen atoms in total. The molecule has 32 heavy (non-hydrogen) atoms. The highest BCUT2D eigenvalue weighted by molar-refractivity contribution is 5.94. The first-order chi connectivity index (χ1) is 14.9. The first-order valence-electron chi connectivity index (χ1n) is 9.99. The quantitative estimate of drug-likeness (QED) is 0.181. The van der Waals surface area contributed by atoms with E-state index in [1.165, 1.54) is 19.4 Å². The first-order valence-corrected chi connectivity index (χ1v) is 9.99. The minimum absolute atomic E-state index is 0.0388. The molecule has 0 radical (unpaired) electrons. The average Bonchev–Trinajstić information content (AvgIpc) is 3.18. The predicted octanol–water partition coefficient (Wildman–Crippen LogP) is -1.64. The van der Waals surface area contributed by atoms with Crippen molar-refractivity contribution in [2.45, 2.75) is 64.2 Å². The van der Waals surface area contributed by atoms with Gasteiger partial charge in [-0.3, -0.25) is 19.2 Å². The van der Waals surface area contributed by atoms with Gasteiger partial charge in [-0.25, -0.2) is 9.78 Å². The zero-order valence-electron chi connectivity index (χ0n) is 18.1. The number of hydrogen-bond acceptors (Lipinski definition) is 7. The molecule has 178 valence electrons. The maximum Gasteiger partial charge on any atom is 0.326 e. The molecule has 0 spiro atoms. The van der Waals surface area contributed by atoms with Crippen molar-refractivity contribution in [3.8, 4) is 0 Å². The number of hydrogen-bond donors (Lipinski definition) is 7. The van der Waals surface area contributed by atoms with Crippen LogP contribution in [0, 0.1) is 5.92 Å². The van der Waals surface area contributed by atoms with E-state index in [0.29, 0.717) is 12.1 Å². The number of imidazole rings is 1. The highest BCUT2D eigenvalue weighted by atomic mass is 16.4. The molecule has 0 saturated heterocycles. The number of carboxylic acid groups (broad SMARTS) is 2. The lowest BCUT2D eigenvalue weighted by Crippen LogP contribution is -2.57. The Morgan fingerprint density at radius 3 is 2.12 bits per heavy atom. The van der Waals surface area contributed by atoms with Gasteiger partial charge in [0.05, 0.1) is 18.8 Å². The van der Waals surface area contributed by atoms with E-state index < -0.39 is 60.2 Å². The fourth-order valence-electron chi connectivity index (χ4n) is 2.77. The molecule has 13 heteroatoms. The van der Waals surface area contributed by atoms with Gasteiger partial charge in [-0.2, -0.15) is 0 Å². The summed E-state index contributed by atoms with van der Waals surface area (Å²) in [5.74, 6) is -4.92. The Morgan fingerprint density at radius 2 is 1.62 bits per heavy atom. The number of nitrogens with two attached hydrogens (primary N) is 1. The summed E-state index contributed by atoms with van der Waals surface area (Å²) in [6.07, 6.45) is 2.50. The van der Waals surface area contributed by atoms with Crippen molar-refractivity contribution in [1.29, 1.82) is 0 Å². The molecule has 0 aliphatic heterocycles. The van der Waals surface area contributed by atoms with Gasteiger partial charge in [-0.1, -0.05) is 13.8 Å². The number of carboxylic acids is 2. The van der Waals surface area contributed by atoms with Gasteiger partial charge in [0.2, 0.25) is 17.7 Å². The Kier molecular flexibility index (Phi) is 10.3. The largest absolute Gasteiger partial charge is 0.481 e. The van der Waals surface area contributed by atoms with Gasteiger partial charge in [0.25, 0.3) is 0 Å². The maximum atomic E-state index is 12.8. The first kappa shape index (κ1) is 26.6. The standard InChI is InChI=1S/C19H30N6O7/c1-9(2)4-12(20)17(29)24-13(5-11-7-21-8-22-11)18(30)23-10(3)16(28)25-14(19(31)32)6-15(26)27/h7-10,12-14H,4-6,20H2,1-3H3,(H,21,22)(H,23,30)(H,24,29)(H,25,28)(H,26,27)(H,31,32). The number of carbonyl (C=O) groups is 5. The van der Waals surface area contributed by atoms with E-state index in [-0.39, 0.29) is 12.3 Å². The zero-order chi connectivity index (χ0) is 24.4. The monoisotopic (exact) mass is 454 g/mol. The Labute approximate surface area is 184 Å². The van der Waals surface area contributed by atoms with Gasteiger partial charge in [0.1, 0.15) is 18.1 Å². The average molecular weight is 454 g/mol. The molecule has 4 atom stereocenters. The van der Waals surface area contributed by atoms with Crippen molar-refractivity contribution in [2.24, 2.45) is 11.7 Å². The summed E-state index contributed by atoms with van der Waals surface area (Å²) in [5.41, 5.74) is 6.43. The zero-order valence-corrected chi connectivity index (χ0v) is 18.1. The molecule has 1 aromatic heterocycles. The minimum Gasteiger partial charge on any atom is -0.481 e. The third-order valence-electron chi connectivity index (χ3n) is 4.42. The lowest BCUT2D eigenvalue weighted by molar-refractivity contribution is -0.147. The maximum absolute atomic E-state index is 12.8. The van der Waals surface area contributed by atoms with Crippen molar-refractivity contribution >= 4 is 29.7 Å². The SMILES string of the molecule is CC(C)CC(N)C(=O)NC(Cc1cnc[nH]1)C(=O)NC(C)C(=O)NC(CC(=O)O)C(=O)O. The highest BCUT2D eigenvalue weighted by Crippen LogP contribution is 2.05. The van der Waals surface area contributed by atoms with E-state index in [1.807, 2.05) is 13.8 Å². The number of rotatable bonds is 13. The van der Waals surface area contributed by atoms with Gasteiger partial charge in [-0.15, -0.1) is 0 Å². The second kappa shape index (κ2) is 12.4. The fourth-order valence-corrected chi connectivity index (χ4v) is 2.77. The van der Waals surface area contributed by atoms with E-state index in [4.69, 9.17) is 15.9 Å². The van der Waals surface area contributed by atoms with Gasteiger partial charge in [0, 0.05) is 18.3 Å². The Morgan fingerprint density at radius 1 is 1.00 bits per heavy atom. The molecule has 1 heterocycles. The number of nitrogens with zero attached hydrogens (tertiary/aromatic N) is 1. The third kappa shape index (κ3) is 9.12. The van der Waals surface area contributed by atoms with E-state index in [2.05, 4.69) is 25.9 Å². The van der Waals surface area contributed by atoms with Crippen LogP contribution in [0.2, 0.25) is 0 Å². The van der Waals surface area contributed by atoms with Crippen molar-refractivity contribution < 1.29 is 34.2 Å². The van der Waals surface area contributed by atoms with Crippen LogP contribution in [0.25, 0.3) is 0 Å². The van der Waals surface area contributed by atoms with Crippen LogP contribution in [0.1, 0.15) is 39.3 Å². The summed E-state index contributed by atoms with van der Waals surface area (Å²) in [4.78, 5) is 66.0. The minimum atomic E-state index is -1.66. The topological polar surface area (TPSA) is 217 Å². The van der Waals surface area contributed by atoms with Crippen LogP contribution in [0.4, 0.5) is 0 Å². The number of aliphatic carboxylic acids is 2. The van der Waals surface area contributed by atoms with Crippen molar-refractivity contribution in [2.75, 3.05) is 0 Å². The van der Waals surface area contributed by atoms with Crippen LogP contribution in [-0.2, 0) is 30.4 Å². The molecule has 0 aromatic carbocycles. The molecule has 1 rings (SSSR count). The lowest BCUT2D eigenvalue weighted by atomic mass is 10.0. The molecule has 0 fully saturated rings. The normalized spacial score (nSPS) is 14.7. The van der Waals surface area contributed by atoms with Crippen molar-refractivity contribution in [3.05, 3.63) is 18.2 Å². The number of nitrogens with one attached hydrogen (secondary N) is 4. The smallest absolute Gasteiger partial charge is 0.326 e. The van der Waals surface area contributed by atoms with Crippen LogP contribution in [0.15, 0.2) is 12.5 Å². The van der Waals surface area contributed by atoms with E-state index in [1.54, 1.807) is 0 Å². The van der Waals surface area contributed by atoms with Crippen LogP contribution in [0.5, 0.6) is 0 Å². The van der Waals surface area contributed by atoms with Gasteiger partial charge in [0.15, 0.2) is 0 Å². The van der Waals surface area contributed by atoms with Gasteiger partial charge >= 0.3 is 11.9 Å². The highest BCUT2D eigenvalue weighted by Gasteiger charge is 2.29. The number of aromatic amines is 1. The molecular formula is C19H30N6O7. The van der Waals surface area contributed by atoms with Crippen LogP contribution in [0.3, 0.4) is 0 Å². The molecule has 0 aliphatic carbocycles. The molecule has 8 N–H and O–H groups in total. The number of H-pyrrole nitrogens is 1. The molecule has 0 bridgehead atoms. The summed E-state index contributed by atoms with van der Waals surface area (Å²) < 4.78 is 0. The Hall–Kier alpha value is -3.48. The second-order valence-electron chi connectivity index (χ2n) is 7.81. The van der Waals surface area contributed by atoms with Crippen LogP contribution < -0.4 is 21.7 Å². The Balaban J connectivity index is 2.85. The molecular weight excluding hydrogens is 424 g/mol. The van der Waals surface area contributed by atoms with E-state index in [9.17, 15) is 24.0 Å². The Bertz CT molecular complexity index is 811. The summed E-state index contributed by atoms with van der Waals surface area (Å²) in [6, 6.07) is -4.79. The van der Waals surface area contributed by atoms with Crippen LogP contribution >= 0.6 is 0 Å². The van der Waals surface area contributed by atoms with Crippen molar-refractivity contribution in [3.63, 3.8) is 0 Å². The predicted molar refractivity (Wildman–Crippen MR) is 111 cm³/mol. The summed E-state index contributed by atoms with van der Waals surface area (Å²) >= 11 is 0. The lowest BCUT2D eigenvalue weighted by Gasteiger charge is -2.23.